The molecule has 0 aliphatic heterocycles. The van der Waals surface area contributed by atoms with Crippen molar-refractivity contribution < 1.29 is 17.8 Å². The zero-order valence-corrected chi connectivity index (χ0v) is 4.39. The van der Waals surface area contributed by atoms with Crippen molar-refractivity contribution >= 4 is 6.09 Å². The van der Waals surface area contributed by atoms with E-state index in [4.69, 9.17) is 8.22 Å². The SMILES string of the molecule is [2H]C([2H])([2H])C(C)(OC(N)=O)C([2H])([2H])[2H]. The maximum atomic E-state index is 10.4. The van der Waals surface area contributed by atoms with Gasteiger partial charge in [-0.3, -0.25) is 0 Å². The topological polar surface area (TPSA) is 52.3 Å². The van der Waals surface area contributed by atoms with Crippen molar-refractivity contribution in [3.8, 4) is 0 Å². The molecule has 0 atom stereocenters. The van der Waals surface area contributed by atoms with Gasteiger partial charge in [-0.15, -0.1) is 0 Å². The summed E-state index contributed by atoms with van der Waals surface area (Å²) in [5.41, 5.74) is 2.03. The highest BCUT2D eigenvalue weighted by Crippen LogP contribution is 2.04. The molecule has 48 valence electrons. The number of rotatable bonds is 0. The van der Waals surface area contributed by atoms with Gasteiger partial charge in [-0.2, -0.15) is 0 Å². The van der Waals surface area contributed by atoms with Gasteiger partial charge in [-0.05, 0) is 20.6 Å². The number of amides is 1. The van der Waals surface area contributed by atoms with Crippen LogP contribution in [0.2, 0.25) is 0 Å². The van der Waals surface area contributed by atoms with Gasteiger partial charge in [0.05, 0.1) is 0 Å². The van der Waals surface area contributed by atoms with Crippen LogP contribution in [0, 0.1) is 0 Å². The van der Waals surface area contributed by atoms with E-state index in [1.807, 2.05) is 0 Å². The van der Waals surface area contributed by atoms with Crippen LogP contribution in [0.25, 0.3) is 0 Å². The fourth-order valence-electron chi connectivity index (χ4n) is 0.201. The zero-order valence-electron chi connectivity index (χ0n) is 10.4. The molecule has 0 saturated heterocycles. The molecule has 3 heteroatoms. The van der Waals surface area contributed by atoms with E-state index in [0.29, 0.717) is 0 Å². The van der Waals surface area contributed by atoms with E-state index in [1.54, 1.807) is 0 Å². The molecule has 2 N–H and O–H groups in total. The van der Waals surface area contributed by atoms with Crippen LogP contribution >= 0.6 is 0 Å². The second-order valence-electron chi connectivity index (χ2n) is 1.45. The monoisotopic (exact) mass is 123 g/mol. The maximum Gasteiger partial charge on any atom is 0.405 e. The Morgan fingerprint density at radius 2 is 2.38 bits per heavy atom. The lowest BCUT2D eigenvalue weighted by molar-refractivity contribution is 0.0600. The highest BCUT2D eigenvalue weighted by Gasteiger charge is 2.12. The van der Waals surface area contributed by atoms with Gasteiger partial charge < -0.3 is 10.5 Å². The zero-order chi connectivity index (χ0) is 11.8. The Hall–Kier alpha value is -0.730. The largest absolute Gasteiger partial charge is 0.444 e. The Morgan fingerprint density at radius 3 is 2.50 bits per heavy atom. The van der Waals surface area contributed by atoms with Crippen molar-refractivity contribution in [1.82, 2.24) is 0 Å². The molecule has 0 radical (unpaired) electrons. The molecular formula is C5H11NO2. The summed E-state index contributed by atoms with van der Waals surface area (Å²) in [6, 6.07) is 0. The standard InChI is InChI=1S/C5H11NO2/c1-5(2,3)8-4(6)7/h1-3H3,(H2,6,7)/i1D3,2D3. The third-order valence-electron chi connectivity index (χ3n) is 0.305. The van der Waals surface area contributed by atoms with Gasteiger partial charge in [0.2, 0.25) is 0 Å². The molecule has 0 aromatic heterocycles. The van der Waals surface area contributed by atoms with Crippen LogP contribution in [0.1, 0.15) is 28.9 Å². The Kier molecular flexibility index (Phi) is 0.481. The van der Waals surface area contributed by atoms with E-state index >= 15 is 0 Å². The first-order valence-electron chi connectivity index (χ1n) is 4.90. The molecule has 0 bridgehead atoms. The van der Waals surface area contributed by atoms with E-state index in [1.165, 1.54) is 0 Å². The second kappa shape index (κ2) is 2.03. The average Bonchev–Trinajstić information content (AvgIpc) is 1.79. The summed E-state index contributed by atoms with van der Waals surface area (Å²) in [6.07, 6.45) is -1.43. The lowest BCUT2D eigenvalue weighted by Crippen LogP contribution is -2.27. The highest BCUT2D eigenvalue weighted by molar-refractivity contribution is 5.65. The van der Waals surface area contributed by atoms with Gasteiger partial charge in [-0.1, -0.05) is 0 Å². The molecule has 0 rings (SSSR count). The second-order valence-corrected chi connectivity index (χ2v) is 1.45. The van der Waals surface area contributed by atoms with Crippen LogP contribution < -0.4 is 5.73 Å². The summed E-state index contributed by atoms with van der Waals surface area (Å²) in [6.45, 7) is -5.13. The van der Waals surface area contributed by atoms with Gasteiger partial charge in [-0.25, -0.2) is 4.79 Å². The first-order chi connectivity index (χ1) is 5.92. The fraction of sp³-hybridized carbons (Fsp3) is 0.800. The molecule has 0 aromatic carbocycles. The minimum Gasteiger partial charge on any atom is -0.444 e. The third-order valence-corrected chi connectivity index (χ3v) is 0.305. The van der Waals surface area contributed by atoms with Crippen LogP contribution in [0.15, 0.2) is 0 Å². The minimum atomic E-state index is -2.96. The van der Waals surface area contributed by atoms with Gasteiger partial charge >= 0.3 is 6.09 Å². The lowest BCUT2D eigenvalue weighted by atomic mass is 10.2. The van der Waals surface area contributed by atoms with Crippen LogP contribution in [-0.2, 0) is 4.74 Å². The third kappa shape index (κ3) is 5.27. The van der Waals surface area contributed by atoms with Gasteiger partial charge in [0.1, 0.15) is 5.60 Å². The van der Waals surface area contributed by atoms with Gasteiger partial charge in [0, 0.05) is 8.22 Å². The van der Waals surface area contributed by atoms with E-state index in [-0.39, 0.29) is 0 Å². The molecule has 8 heavy (non-hydrogen) atoms. The summed E-state index contributed by atoms with van der Waals surface area (Å²) in [7, 11) is 0. The Balaban J connectivity index is 5.18. The first-order valence-corrected chi connectivity index (χ1v) is 1.90. The van der Waals surface area contributed by atoms with Crippen LogP contribution in [-0.4, -0.2) is 11.7 Å². The number of nitrogens with two attached hydrogens (primary N) is 1. The smallest absolute Gasteiger partial charge is 0.405 e. The number of carbonyl (C=O) groups excluding carboxylic acids is 1. The molecule has 0 fully saturated rings. The van der Waals surface area contributed by atoms with Crippen molar-refractivity contribution in [3.05, 3.63) is 0 Å². The number of carbonyl (C=O) groups is 1. The normalized spacial score (nSPS) is 25.1. The van der Waals surface area contributed by atoms with Crippen molar-refractivity contribution in [3.63, 3.8) is 0 Å². The van der Waals surface area contributed by atoms with Crippen LogP contribution in [0.5, 0.6) is 0 Å². The van der Waals surface area contributed by atoms with Gasteiger partial charge in [0.25, 0.3) is 0 Å². The van der Waals surface area contributed by atoms with Crippen LogP contribution in [0.3, 0.4) is 0 Å². The molecule has 0 heterocycles. The molecule has 0 saturated carbocycles. The predicted molar refractivity (Wildman–Crippen MR) is 30.4 cm³/mol. The molecule has 0 aliphatic rings. The number of hydrogen-bond acceptors (Lipinski definition) is 2. The molecule has 3 nitrogen and oxygen atoms in total. The molecular weight excluding hydrogens is 106 g/mol. The van der Waals surface area contributed by atoms with Crippen molar-refractivity contribution in [2.45, 2.75) is 26.2 Å². The summed E-state index contributed by atoms with van der Waals surface area (Å²) in [5.74, 6) is 0. The number of hydrogen-bond donors (Lipinski definition) is 1. The molecule has 0 unspecified atom stereocenters. The van der Waals surface area contributed by atoms with E-state index in [0.717, 1.165) is 6.92 Å². The van der Waals surface area contributed by atoms with Gasteiger partial charge in [0.15, 0.2) is 0 Å². The first kappa shape index (κ1) is 1.90. The van der Waals surface area contributed by atoms with E-state index in [2.05, 4.69) is 10.5 Å². The molecule has 0 spiro atoms. The van der Waals surface area contributed by atoms with E-state index in [9.17, 15) is 4.79 Å². The quantitative estimate of drug-likeness (QED) is 0.520. The minimum absolute atomic E-state index is 0.803. The van der Waals surface area contributed by atoms with Crippen LogP contribution in [0.4, 0.5) is 4.79 Å². The molecule has 0 aliphatic carbocycles. The summed E-state index contributed by atoms with van der Waals surface area (Å²) >= 11 is 0. The Morgan fingerprint density at radius 1 is 1.88 bits per heavy atom. The average molecular weight is 123 g/mol. The maximum absolute atomic E-state index is 10.4. The van der Waals surface area contributed by atoms with Crippen molar-refractivity contribution in [2.24, 2.45) is 5.73 Å². The molecule has 1 amide bonds. The highest BCUT2D eigenvalue weighted by atomic mass is 16.6. The number of primary amides is 1. The van der Waals surface area contributed by atoms with Crippen molar-refractivity contribution in [1.29, 1.82) is 0 Å². The fourth-order valence-corrected chi connectivity index (χ4v) is 0.201. The predicted octanol–water partition coefficient (Wildman–Crippen LogP) is 0.880. The number of ether oxygens (including phenoxy) is 1. The molecule has 0 aromatic rings. The van der Waals surface area contributed by atoms with E-state index < -0.39 is 25.4 Å². The summed E-state index contributed by atoms with van der Waals surface area (Å²) in [5, 5.41) is 0. The Bertz CT molecular complexity index is 217. The Labute approximate surface area is 57.2 Å². The lowest BCUT2D eigenvalue weighted by Gasteiger charge is -2.16. The van der Waals surface area contributed by atoms with Crippen molar-refractivity contribution in [2.75, 3.05) is 0 Å². The summed E-state index contributed by atoms with van der Waals surface area (Å²) in [4.78, 5) is 10.4. The summed E-state index contributed by atoms with van der Waals surface area (Å²) < 4.78 is 46.0.